The van der Waals surface area contributed by atoms with E-state index in [2.05, 4.69) is 5.32 Å². The zero-order valence-corrected chi connectivity index (χ0v) is 18.7. The Bertz CT molecular complexity index is 1160. The Hall–Kier alpha value is -2.67. The van der Waals surface area contributed by atoms with Gasteiger partial charge in [-0.1, -0.05) is 29.8 Å². The van der Waals surface area contributed by atoms with E-state index in [0.29, 0.717) is 22.2 Å². The summed E-state index contributed by atoms with van der Waals surface area (Å²) in [5, 5.41) is 5.55. The molecule has 5 rings (SSSR count). The SMILES string of the molecule is COc1ccc2c(c1)[C@]1(C(=O)N2)C(C(=O)c2cccs2)[C@@H](c2ccc(Cl)cc2)CN1C. The Morgan fingerprint density at radius 2 is 2.00 bits per heavy atom. The van der Waals surface area contributed by atoms with Gasteiger partial charge >= 0.3 is 0 Å². The molecule has 0 saturated carbocycles. The number of carbonyl (C=O) groups is 2. The molecule has 1 fully saturated rings. The van der Waals surface area contributed by atoms with Crippen LogP contribution >= 0.6 is 22.9 Å². The molecule has 1 unspecified atom stereocenters. The maximum Gasteiger partial charge on any atom is 0.250 e. The summed E-state index contributed by atoms with van der Waals surface area (Å²) in [6, 6.07) is 16.8. The van der Waals surface area contributed by atoms with Gasteiger partial charge in [-0.15, -0.1) is 11.3 Å². The minimum absolute atomic E-state index is 0.0230. The molecule has 5 nitrogen and oxygen atoms in total. The Balaban J connectivity index is 1.73. The number of nitrogens with zero attached hydrogens (tertiary/aromatic N) is 1. The van der Waals surface area contributed by atoms with Gasteiger partial charge in [0.2, 0.25) is 5.91 Å². The van der Waals surface area contributed by atoms with Crippen LogP contribution in [0, 0.1) is 5.92 Å². The molecular formula is C24H21ClN2O3S. The number of hydrogen-bond acceptors (Lipinski definition) is 5. The first-order valence-corrected chi connectivity index (χ1v) is 11.3. The van der Waals surface area contributed by atoms with Crippen molar-refractivity contribution in [1.29, 1.82) is 0 Å². The first-order valence-electron chi connectivity index (χ1n) is 10.0. The predicted molar refractivity (Wildman–Crippen MR) is 122 cm³/mol. The van der Waals surface area contributed by atoms with Gasteiger partial charge in [-0.3, -0.25) is 14.5 Å². The quantitative estimate of drug-likeness (QED) is 0.578. The second-order valence-electron chi connectivity index (χ2n) is 7.99. The van der Waals surface area contributed by atoms with Crippen molar-refractivity contribution in [2.75, 3.05) is 26.0 Å². The summed E-state index contributed by atoms with van der Waals surface area (Å²) in [7, 11) is 3.51. The number of Topliss-reactive ketones (excluding diaryl/α,β-unsaturated/α-hetero) is 1. The minimum Gasteiger partial charge on any atom is -0.497 e. The summed E-state index contributed by atoms with van der Waals surface area (Å²) >= 11 is 7.52. The molecule has 31 heavy (non-hydrogen) atoms. The second kappa shape index (κ2) is 7.48. The number of methoxy groups -OCH3 is 1. The van der Waals surface area contributed by atoms with E-state index in [1.54, 1.807) is 7.11 Å². The van der Waals surface area contributed by atoms with Crippen molar-refractivity contribution in [3.8, 4) is 5.75 Å². The predicted octanol–water partition coefficient (Wildman–Crippen LogP) is 4.79. The molecule has 3 aromatic rings. The number of ether oxygens (including phenoxy) is 1. The first kappa shape index (κ1) is 20.2. The molecule has 1 amide bonds. The van der Waals surface area contributed by atoms with Crippen LogP contribution in [0.4, 0.5) is 5.69 Å². The van der Waals surface area contributed by atoms with Crippen molar-refractivity contribution in [2.24, 2.45) is 5.92 Å². The van der Waals surface area contributed by atoms with E-state index in [9.17, 15) is 9.59 Å². The highest BCUT2D eigenvalue weighted by Crippen LogP contribution is 2.56. The van der Waals surface area contributed by atoms with Gasteiger partial charge in [0.15, 0.2) is 5.78 Å². The van der Waals surface area contributed by atoms with Crippen LogP contribution in [0.25, 0.3) is 0 Å². The molecule has 2 aliphatic rings. The van der Waals surface area contributed by atoms with Gasteiger partial charge in [-0.25, -0.2) is 0 Å². The smallest absolute Gasteiger partial charge is 0.250 e. The van der Waals surface area contributed by atoms with Crippen molar-refractivity contribution < 1.29 is 14.3 Å². The molecule has 0 radical (unpaired) electrons. The Morgan fingerprint density at radius 1 is 1.23 bits per heavy atom. The van der Waals surface area contributed by atoms with Crippen LogP contribution in [0.2, 0.25) is 5.02 Å². The largest absolute Gasteiger partial charge is 0.497 e. The number of hydrogen-bond donors (Lipinski definition) is 1. The number of likely N-dealkylation sites (N-methyl/N-ethyl adjacent to an activating group) is 1. The highest BCUT2D eigenvalue weighted by atomic mass is 35.5. The summed E-state index contributed by atoms with van der Waals surface area (Å²) in [4.78, 5) is 30.2. The van der Waals surface area contributed by atoms with Gasteiger partial charge in [0.05, 0.1) is 17.9 Å². The summed E-state index contributed by atoms with van der Waals surface area (Å²) in [5.74, 6) is -0.305. The van der Waals surface area contributed by atoms with E-state index >= 15 is 0 Å². The van der Waals surface area contributed by atoms with Crippen molar-refractivity contribution >= 4 is 40.3 Å². The van der Waals surface area contributed by atoms with Crippen molar-refractivity contribution in [3.05, 3.63) is 81.0 Å². The molecule has 1 spiro atoms. The minimum atomic E-state index is -1.12. The van der Waals surface area contributed by atoms with Crippen LogP contribution in [0.15, 0.2) is 60.0 Å². The van der Waals surface area contributed by atoms with E-state index in [1.807, 2.05) is 71.9 Å². The average molecular weight is 453 g/mol. The van der Waals surface area contributed by atoms with Gasteiger partial charge < -0.3 is 10.1 Å². The third-order valence-electron chi connectivity index (χ3n) is 6.50. The number of rotatable bonds is 4. The molecule has 1 saturated heterocycles. The van der Waals surface area contributed by atoms with Crippen LogP contribution in [-0.2, 0) is 10.3 Å². The maximum absolute atomic E-state index is 13.9. The Labute approximate surface area is 189 Å². The normalized spacial score (nSPS) is 24.9. The van der Waals surface area contributed by atoms with Gasteiger partial charge in [0, 0.05) is 28.7 Å². The van der Waals surface area contributed by atoms with Crippen LogP contribution in [0.3, 0.4) is 0 Å². The molecular weight excluding hydrogens is 432 g/mol. The highest BCUT2D eigenvalue weighted by Gasteiger charge is 2.64. The standard InChI is InChI=1S/C24H21ClN2O3S/c1-27-13-17(14-5-7-15(25)8-6-14)21(22(28)20-4-3-11-31-20)24(27)18-12-16(30-2)9-10-19(18)26-23(24)29/h3-12,17,21H,13H2,1-2H3,(H,26,29)/t17-,21?,24-/m1/s1. The van der Waals surface area contributed by atoms with Crippen molar-refractivity contribution in [3.63, 3.8) is 0 Å². The first-order chi connectivity index (χ1) is 15.0. The number of amides is 1. The lowest BCUT2D eigenvalue weighted by atomic mass is 9.71. The molecule has 1 N–H and O–H groups in total. The Morgan fingerprint density at radius 3 is 2.68 bits per heavy atom. The van der Waals surface area contributed by atoms with E-state index in [-0.39, 0.29) is 17.6 Å². The van der Waals surface area contributed by atoms with Gasteiger partial charge in [0.25, 0.3) is 0 Å². The molecule has 1 aromatic heterocycles. The van der Waals surface area contributed by atoms with Crippen molar-refractivity contribution in [1.82, 2.24) is 4.90 Å². The number of anilines is 1. The average Bonchev–Trinajstić information content (AvgIpc) is 3.47. The molecule has 7 heteroatoms. The summed E-state index contributed by atoms with van der Waals surface area (Å²) in [5.41, 5.74) is 1.38. The lowest BCUT2D eigenvalue weighted by molar-refractivity contribution is -0.126. The van der Waals surface area contributed by atoms with Crippen molar-refractivity contribution in [2.45, 2.75) is 11.5 Å². The maximum atomic E-state index is 13.9. The number of likely N-dealkylation sites (tertiary alicyclic amines) is 1. The van der Waals surface area contributed by atoms with Gasteiger partial charge in [-0.05, 0) is 54.4 Å². The summed E-state index contributed by atoms with van der Waals surface area (Å²) in [6.07, 6.45) is 0. The molecule has 0 aliphatic carbocycles. The van der Waals surface area contributed by atoms with Gasteiger partial charge in [-0.2, -0.15) is 0 Å². The van der Waals surface area contributed by atoms with E-state index in [1.165, 1.54) is 11.3 Å². The molecule has 2 aromatic carbocycles. The summed E-state index contributed by atoms with van der Waals surface area (Å²) in [6.45, 7) is 0.563. The summed E-state index contributed by atoms with van der Waals surface area (Å²) < 4.78 is 5.45. The topological polar surface area (TPSA) is 58.6 Å². The number of fused-ring (bicyclic) bond motifs is 2. The number of carbonyl (C=O) groups excluding carboxylic acids is 2. The van der Waals surface area contributed by atoms with Gasteiger partial charge in [0.1, 0.15) is 11.3 Å². The molecule has 3 atom stereocenters. The van der Waals surface area contributed by atoms with Crippen LogP contribution in [0.1, 0.15) is 26.7 Å². The van der Waals surface area contributed by atoms with E-state index in [0.717, 1.165) is 16.8 Å². The third kappa shape index (κ3) is 2.93. The lowest BCUT2D eigenvalue weighted by Crippen LogP contribution is -2.51. The van der Waals surface area contributed by atoms with E-state index < -0.39 is 11.5 Å². The molecule has 158 valence electrons. The Kier molecular flexibility index (Phi) is 4.88. The number of nitrogens with one attached hydrogen (secondary N) is 1. The number of ketones is 1. The molecule has 0 bridgehead atoms. The third-order valence-corrected chi connectivity index (χ3v) is 7.64. The number of halogens is 1. The zero-order valence-electron chi connectivity index (χ0n) is 17.1. The highest BCUT2D eigenvalue weighted by molar-refractivity contribution is 7.12. The lowest BCUT2D eigenvalue weighted by Gasteiger charge is -2.35. The fourth-order valence-corrected chi connectivity index (χ4v) is 5.96. The zero-order chi connectivity index (χ0) is 21.8. The van der Waals surface area contributed by atoms with E-state index in [4.69, 9.17) is 16.3 Å². The fourth-order valence-electron chi connectivity index (χ4n) is 5.13. The monoisotopic (exact) mass is 452 g/mol. The second-order valence-corrected chi connectivity index (χ2v) is 9.37. The molecule has 2 aliphatic heterocycles. The number of thiophene rings is 1. The fraction of sp³-hybridized carbons (Fsp3) is 0.250. The van der Waals surface area contributed by atoms with Crippen LogP contribution in [-0.4, -0.2) is 37.3 Å². The van der Waals surface area contributed by atoms with Crippen LogP contribution in [0.5, 0.6) is 5.75 Å². The van der Waals surface area contributed by atoms with Crippen LogP contribution < -0.4 is 10.1 Å². The molecule has 3 heterocycles. The number of benzene rings is 2.